The van der Waals surface area contributed by atoms with Gasteiger partial charge in [-0.15, -0.1) is 0 Å². The van der Waals surface area contributed by atoms with Crippen molar-refractivity contribution in [3.8, 4) is 17.3 Å². The Balaban J connectivity index is 1.48. The molecule has 286 valence electrons. The van der Waals surface area contributed by atoms with E-state index < -0.39 is 64.8 Å². The number of fused-ring (bicyclic) bond motifs is 1. The molecule has 4 amide bonds. The SMILES string of the molecule is CCC[C@H](NC(=O)C1C[C@@H](Oc2cc(-n3cccn3)nc3cc(OC)ccc23)CN1C(=O)[C@@H](NC(=O)OC(C)(C)C)C(C)(C)C)C(=O)C(=O)NC1CC1. The standard InChI is InChI=1S/C38H51N7O8/c1-9-11-26(31(46)34(48)40-22-12-13-22)42-33(47)28-19-24(21-44(28)35(49)32(37(2,3)4)43-36(50)53-38(5,6)7)52-29-20-30(45-17-10-16-39-45)41-27-18-23(51-8)14-15-25(27)29/h10,14-18,20,22,24,26,28,32H,9,11-13,19,21H2,1-8H3,(H,40,48)(H,42,47)(H,43,50)/t24-,26+,28?,32-/m1/s1. The first-order chi connectivity index (χ1) is 25.0. The number of benzene rings is 1. The average Bonchev–Trinajstić information content (AvgIpc) is 3.53. The maximum atomic E-state index is 14.5. The van der Waals surface area contributed by atoms with Crippen LogP contribution >= 0.6 is 0 Å². The minimum Gasteiger partial charge on any atom is -0.497 e. The molecule has 3 aromatic rings. The van der Waals surface area contributed by atoms with Gasteiger partial charge in [0.2, 0.25) is 17.6 Å². The predicted octanol–water partition coefficient (Wildman–Crippen LogP) is 3.85. The quantitative estimate of drug-likeness (QED) is 0.218. The first-order valence-corrected chi connectivity index (χ1v) is 18.1. The first kappa shape index (κ1) is 39.0. The monoisotopic (exact) mass is 733 g/mol. The molecule has 2 fully saturated rings. The lowest BCUT2D eigenvalue weighted by Gasteiger charge is -2.35. The number of likely N-dealkylation sites (tertiary alicyclic amines) is 1. The van der Waals surface area contributed by atoms with Crippen molar-refractivity contribution in [1.29, 1.82) is 0 Å². The highest BCUT2D eigenvalue weighted by molar-refractivity contribution is 6.38. The minimum absolute atomic E-state index is 0.0227. The second-order valence-corrected chi connectivity index (χ2v) is 15.7. The number of rotatable bonds is 13. The summed E-state index contributed by atoms with van der Waals surface area (Å²) >= 11 is 0. The van der Waals surface area contributed by atoms with Gasteiger partial charge in [0, 0.05) is 42.4 Å². The molecule has 1 saturated carbocycles. The summed E-state index contributed by atoms with van der Waals surface area (Å²) in [6.45, 7) is 12.4. The first-order valence-electron chi connectivity index (χ1n) is 18.1. The van der Waals surface area contributed by atoms with Gasteiger partial charge in [-0.05, 0) is 63.6 Å². The third-order valence-corrected chi connectivity index (χ3v) is 8.97. The second-order valence-electron chi connectivity index (χ2n) is 15.7. The van der Waals surface area contributed by atoms with Crippen molar-refractivity contribution in [2.45, 2.75) is 116 Å². The number of ether oxygens (including phenoxy) is 3. The van der Waals surface area contributed by atoms with Crippen LogP contribution in [0, 0.1) is 5.41 Å². The molecule has 3 heterocycles. The molecular formula is C38H51N7O8. The van der Waals surface area contributed by atoms with Crippen LogP contribution in [0.3, 0.4) is 0 Å². The number of aromatic nitrogens is 3. The molecule has 15 heteroatoms. The highest BCUT2D eigenvalue weighted by Crippen LogP contribution is 2.34. The number of carbonyl (C=O) groups excluding carboxylic acids is 5. The van der Waals surface area contributed by atoms with Crippen LogP contribution in [-0.2, 0) is 23.9 Å². The van der Waals surface area contributed by atoms with Crippen molar-refractivity contribution in [2.75, 3.05) is 13.7 Å². The van der Waals surface area contributed by atoms with E-state index in [2.05, 4.69) is 21.0 Å². The van der Waals surface area contributed by atoms with E-state index in [0.717, 1.165) is 12.8 Å². The number of hydrogen-bond donors (Lipinski definition) is 3. The summed E-state index contributed by atoms with van der Waals surface area (Å²) in [5, 5.41) is 13.2. The van der Waals surface area contributed by atoms with Crippen molar-refractivity contribution in [3.63, 3.8) is 0 Å². The van der Waals surface area contributed by atoms with E-state index in [1.807, 2.05) is 13.0 Å². The van der Waals surface area contributed by atoms with Gasteiger partial charge in [-0.3, -0.25) is 19.2 Å². The van der Waals surface area contributed by atoms with E-state index in [9.17, 15) is 24.0 Å². The Kier molecular flexibility index (Phi) is 11.6. The molecule has 1 aliphatic heterocycles. The van der Waals surface area contributed by atoms with Crippen LogP contribution in [0.25, 0.3) is 16.7 Å². The zero-order chi connectivity index (χ0) is 38.7. The summed E-state index contributed by atoms with van der Waals surface area (Å²) in [5.74, 6) is -1.10. The molecule has 5 rings (SSSR count). The largest absolute Gasteiger partial charge is 0.497 e. The Hall–Kier alpha value is -5.21. The van der Waals surface area contributed by atoms with E-state index in [1.54, 1.807) is 90.0 Å². The number of carbonyl (C=O) groups is 5. The average molecular weight is 734 g/mol. The van der Waals surface area contributed by atoms with Crippen molar-refractivity contribution < 1.29 is 38.2 Å². The summed E-state index contributed by atoms with van der Waals surface area (Å²) in [6, 6.07) is 5.57. The van der Waals surface area contributed by atoms with Gasteiger partial charge < -0.3 is 35.1 Å². The molecule has 1 aromatic carbocycles. The van der Waals surface area contributed by atoms with Gasteiger partial charge in [0.25, 0.3) is 5.91 Å². The Morgan fingerprint density at radius 3 is 2.36 bits per heavy atom. The molecule has 2 aromatic heterocycles. The van der Waals surface area contributed by atoms with E-state index in [4.69, 9.17) is 19.2 Å². The highest BCUT2D eigenvalue weighted by atomic mass is 16.6. The molecule has 1 aliphatic carbocycles. The maximum absolute atomic E-state index is 14.5. The lowest BCUT2D eigenvalue weighted by Crippen LogP contribution is -2.59. The van der Waals surface area contributed by atoms with Crippen LogP contribution in [0.5, 0.6) is 11.5 Å². The molecule has 0 radical (unpaired) electrons. The number of Topliss-reactive ketones (excluding diaryl/α,β-unsaturated/α-hetero) is 1. The van der Waals surface area contributed by atoms with Gasteiger partial charge in [-0.2, -0.15) is 5.10 Å². The van der Waals surface area contributed by atoms with E-state index in [1.165, 1.54) is 4.90 Å². The van der Waals surface area contributed by atoms with Gasteiger partial charge in [0.1, 0.15) is 35.3 Å². The number of ketones is 1. The number of alkyl carbamates (subject to hydrolysis) is 1. The molecule has 53 heavy (non-hydrogen) atoms. The Labute approximate surface area is 309 Å². The Morgan fingerprint density at radius 1 is 1.02 bits per heavy atom. The minimum atomic E-state index is -1.10. The summed E-state index contributed by atoms with van der Waals surface area (Å²) < 4.78 is 19.1. The number of methoxy groups -OCH3 is 1. The Morgan fingerprint density at radius 2 is 1.75 bits per heavy atom. The predicted molar refractivity (Wildman–Crippen MR) is 196 cm³/mol. The van der Waals surface area contributed by atoms with E-state index in [-0.39, 0.29) is 25.4 Å². The molecule has 15 nitrogen and oxygen atoms in total. The molecule has 0 spiro atoms. The van der Waals surface area contributed by atoms with Gasteiger partial charge in [0.15, 0.2) is 5.82 Å². The van der Waals surface area contributed by atoms with Crippen LogP contribution in [-0.4, -0.2) is 98.8 Å². The smallest absolute Gasteiger partial charge is 0.408 e. The van der Waals surface area contributed by atoms with Crippen molar-refractivity contribution in [3.05, 3.63) is 42.7 Å². The van der Waals surface area contributed by atoms with Crippen molar-refractivity contribution in [1.82, 2.24) is 35.6 Å². The summed E-state index contributed by atoms with van der Waals surface area (Å²) in [7, 11) is 1.56. The van der Waals surface area contributed by atoms with Crippen molar-refractivity contribution in [2.24, 2.45) is 5.41 Å². The zero-order valence-electron chi connectivity index (χ0n) is 31.7. The molecule has 3 N–H and O–H groups in total. The third kappa shape index (κ3) is 9.82. The van der Waals surface area contributed by atoms with Gasteiger partial charge in [-0.1, -0.05) is 34.1 Å². The van der Waals surface area contributed by atoms with Crippen LogP contribution in [0.4, 0.5) is 4.79 Å². The lowest BCUT2D eigenvalue weighted by molar-refractivity contribution is -0.144. The second kappa shape index (κ2) is 15.8. The fourth-order valence-corrected chi connectivity index (χ4v) is 6.17. The van der Waals surface area contributed by atoms with Crippen LogP contribution < -0.4 is 25.4 Å². The van der Waals surface area contributed by atoms with Crippen LogP contribution in [0.15, 0.2) is 42.7 Å². The number of amides is 4. The maximum Gasteiger partial charge on any atom is 0.408 e. The summed E-state index contributed by atoms with van der Waals surface area (Å²) in [5.41, 5.74) is -1.04. The summed E-state index contributed by atoms with van der Waals surface area (Å²) in [4.78, 5) is 73.8. The van der Waals surface area contributed by atoms with Crippen LogP contribution in [0.2, 0.25) is 0 Å². The van der Waals surface area contributed by atoms with Gasteiger partial charge in [0.05, 0.1) is 25.2 Å². The molecule has 1 unspecified atom stereocenters. The molecule has 1 saturated heterocycles. The third-order valence-electron chi connectivity index (χ3n) is 8.97. The fraction of sp³-hybridized carbons (Fsp3) is 0.553. The summed E-state index contributed by atoms with van der Waals surface area (Å²) in [6.07, 6.45) is 4.32. The Bertz CT molecular complexity index is 1830. The number of hydrogen-bond acceptors (Lipinski definition) is 10. The lowest BCUT2D eigenvalue weighted by atomic mass is 9.85. The normalized spacial score (nSPS) is 18.5. The zero-order valence-corrected chi connectivity index (χ0v) is 31.7. The highest BCUT2D eigenvalue weighted by Gasteiger charge is 2.47. The topological polar surface area (TPSA) is 183 Å². The molecular weight excluding hydrogens is 682 g/mol. The van der Waals surface area contributed by atoms with E-state index >= 15 is 0 Å². The molecule has 0 bridgehead atoms. The van der Waals surface area contributed by atoms with E-state index in [0.29, 0.717) is 34.6 Å². The number of pyridine rings is 1. The van der Waals surface area contributed by atoms with Crippen LogP contribution in [0.1, 0.15) is 80.6 Å². The van der Waals surface area contributed by atoms with Gasteiger partial charge >= 0.3 is 6.09 Å². The number of nitrogens with zero attached hydrogens (tertiary/aromatic N) is 4. The number of nitrogens with one attached hydrogen (secondary N) is 3. The van der Waals surface area contributed by atoms with Gasteiger partial charge in [-0.25, -0.2) is 14.5 Å². The molecule has 4 atom stereocenters. The van der Waals surface area contributed by atoms with Crippen molar-refractivity contribution >= 4 is 40.5 Å². The molecule has 2 aliphatic rings. The fourth-order valence-electron chi connectivity index (χ4n) is 6.17.